The number of carbonyl (C=O) groups is 1. The van der Waals surface area contributed by atoms with Crippen LogP contribution >= 0.6 is 23.1 Å². The van der Waals surface area contributed by atoms with Crippen molar-refractivity contribution in [2.24, 2.45) is 0 Å². The summed E-state index contributed by atoms with van der Waals surface area (Å²) in [6, 6.07) is 23.5. The number of aromatic nitrogens is 3. The van der Waals surface area contributed by atoms with Gasteiger partial charge in [-0.25, -0.2) is 4.98 Å². The predicted molar refractivity (Wildman–Crippen MR) is 133 cm³/mol. The number of benzene rings is 3. The van der Waals surface area contributed by atoms with Crippen LogP contribution in [0, 0.1) is 6.92 Å². The van der Waals surface area contributed by atoms with Crippen molar-refractivity contribution in [1.82, 2.24) is 15.2 Å². The third-order valence-electron chi connectivity index (χ3n) is 5.02. The second kappa shape index (κ2) is 9.17. The summed E-state index contributed by atoms with van der Waals surface area (Å²) in [5.41, 5.74) is 4.81. The van der Waals surface area contributed by atoms with Crippen molar-refractivity contribution in [3.8, 4) is 22.0 Å². The zero-order valence-corrected chi connectivity index (χ0v) is 19.6. The van der Waals surface area contributed by atoms with Crippen LogP contribution in [-0.4, -0.2) is 26.3 Å². The van der Waals surface area contributed by atoms with Crippen molar-refractivity contribution < 1.29 is 9.21 Å². The molecule has 6 nitrogen and oxygen atoms in total. The quantitative estimate of drug-likeness (QED) is 0.286. The van der Waals surface area contributed by atoms with Gasteiger partial charge in [0.2, 0.25) is 11.8 Å². The number of anilines is 1. The fourth-order valence-electron chi connectivity index (χ4n) is 3.25. The molecule has 0 spiro atoms. The number of nitrogens with zero attached hydrogens (tertiary/aromatic N) is 3. The summed E-state index contributed by atoms with van der Waals surface area (Å²) in [7, 11) is 0. The molecular formula is C25H20N4O2S2. The van der Waals surface area contributed by atoms with Crippen molar-refractivity contribution in [1.29, 1.82) is 0 Å². The van der Waals surface area contributed by atoms with Crippen LogP contribution < -0.4 is 5.32 Å². The minimum Gasteiger partial charge on any atom is -0.411 e. The molecule has 3 aromatic carbocycles. The van der Waals surface area contributed by atoms with Crippen LogP contribution in [0.25, 0.3) is 32.2 Å². The topological polar surface area (TPSA) is 80.9 Å². The maximum Gasteiger partial charge on any atom is 0.277 e. The van der Waals surface area contributed by atoms with Crippen LogP contribution in [0.5, 0.6) is 0 Å². The molecule has 5 rings (SSSR count). The Balaban J connectivity index is 1.22. The van der Waals surface area contributed by atoms with Crippen molar-refractivity contribution >= 4 is 44.9 Å². The number of amides is 1. The van der Waals surface area contributed by atoms with Crippen LogP contribution in [0.3, 0.4) is 0 Å². The molecule has 0 aliphatic heterocycles. The summed E-state index contributed by atoms with van der Waals surface area (Å²) in [6.07, 6.45) is 0. The van der Waals surface area contributed by atoms with Gasteiger partial charge >= 0.3 is 0 Å². The highest BCUT2D eigenvalue weighted by Gasteiger charge is 2.19. The highest BCUT2D eigenvalue weighted by atomic mass is 32.2. The molecule has 33 heavy (non-hydrogen) atoms. The molecule has 1 amide bonds. The Bertz CT molecular complexity index is 1410. The standard InChI is InChI=1S/C25H20N4O2S2/c1-15-8-13-20-21(14-15)33-24(27-20)18-9-11-19(12-10-18)26-22(30)16(2)32-25-29-28-23(31-25)17-6-4-3-5-7-17/h3-14,16H,1-2H3,(H,26,30). The second-order valence-electron chi connectivity index (χ2n) is 7.56. The number of rotatable bonds is 6. The van der Waals surface area contributed by atoms with E-state index in [-0.39, 0.29) is 5.91 Å². The Morgan fingerprint density at radius 2 is 1.79 bits per heavy atom. The van der Waals surface area contributed by atoms with E-state index >= 15 is 0 Å². The monoisotopic (exact) mass is 472 g/mol. The van der Waals surface area contributed by atoms with E-state index in [1.807, 2.05) is 67.6 Å². The molecule has 0 aliphatic rings. The fourth-order valence-corrected chi connectivity index (χ4v) is 5.01. The van der Waals surface area contributed by atoms with E-state index in [1.54, 1.807) is 11.3 Å². The molecule has 164 valence electrons. The minimum absolute atomic E-state index is 0.136. The lowest BCUT2D eigenvalue weighted by Gasteiger charge is -2.10. The zero-order valence-electron chi connectivity index (χ0n) is 18.0. The van der Waals surface area contributed by atoms with Gasteiger partial charge in [0.05, 0.1) is 15.5 Å². The van der Waals surface area contributed by atoms with E-state index in [0.717, 1.165) is 27.3 Å². The average Bonchev–Trinajstić information content (AvgIpc) is 3.47. The molecule has 2 aromatic heterocycles. The Kier molecular flexibility index (Phi) is 5.93. The third-order valence-corrected chi connectivity index (χ3v) is 7.02. The summed E-state index contributed by atoms with van der Waals surface area (Å²) < 4.78 is 6.86. The number of aryl methyl sites for hydroxylation is 1. The molecule has 1 unspecified atom stereocenters. The summed E-state index contributed by atoms with van der Waals surface area (Å²) in [5.74, 6) is 0.300. The first-order chi connectivity index (χ1) is 16.0. The second-order valence-corrected chi connectivity index (χ2v) is 9.88. The lowest BCUT2D eigenvalue weighted by molar-refractivity contribution is -0.115. The molecule has 1 N–H and O–H groups in total. The number of carbonyl (C=O) groups excluding carboxylic acids is 1. The Hall–Kier alpha value is -3.49. The first-order valence-electron chi connectivity index (χ1n) is 10.4. The van der Waals surface area contributed by atoms with Crippen LogP contribution in [-0.2, 0) is 4.79 Å². The van der Waals surface area contributed by atoms with Crippen molar-refractivity contribution in [3.63, 3.8) is 0 Å². The average molecular weight is 473 g/mol. The summed E-state index contributed by atoms with van der Waals surface area (Å²) in [6.45, 7) is 3.89. The molecule has 2 heterocycles. The third kappa shape index (κ3) is 4.81. The van der Waals surface area contributed by atoms with E-state index in [9.17, 15) is 4.79 Å². The molecule has 0 saturated heterocycles. The van der Waals surface area contributed by atoms with Gasteiger partial charge in [-0.3, -0.25) is 4.79 Å². The van der Waals surface area contributed by atoms with Gasteiger partial charge < -0.3 is 9.73 Å². The molecule has 0 aliphatic carbocycles. The SMILES string of the molecule is Cc1ccc2nc(-c3ccc(NC(=O)C(C)Sc4nnc(-c5ccccc5)o4)cc3)sc2c1. The maximum atomic E-state index is 12.7. The van der Waals surface area contributed by atoms with E-state index in [1.165, 1.54) is 22.0 Å². The molecule has 0 radical (unpaired) electrons. The summed E-state index contributed by atoms with van der Waals surface area (Å²) in [4.78, 5) is 17.4. The first kappa shape index (κ1) is 21.4. The number of fused-ring (bicyclic) bond motifs is 1. The van der Waals surface area contributed by atoms with Gasteiger partial charge in [0, 0.05) is 16.8 Å². The molecule has 0 bridgehead atoms. The highest BCUT2D eigenvalue weighted by molar-refractivity contribution is 8.00. The summed E-state index contributed by atoms with van der Waals surface area (Å²) in [5, 5.41) is 12.0. The van der Waals surface area contributed by atoms with E-state index in [0.29, 0.717) is 11.1 Å². The molecule has 0 saturated carbocycles. The van der Waals surface area contributed by atoms with Gasteiger partial charge in [-0.2, -0.15) is 0 Å². The van der Waals surface area contributed by atoms with Gasteiger partial charge in [-0.15, -0.1) is 21.5 Å². The van der Waals surface area contributed by atoms with Gasteiger partial charge in [0.15, 0.2) is 0 Å². The van der Waals surface area contributed by atoms with Gasteiger partial charge in [0.1, 0.15) is 5.01 Å². The number of hydrogen-bond donors (Lipinski definition) is 1. The largest absolute Gasteiger partial charge is 0.411 e. The van der Waals surface area contributed by atoms with Crippen LogP contribution in [0.15, 0.2) is 82.4 Å². The fraction of sp³-hybridized carbons (Fsp3) is 0.120. The number of thioether (sulfide) groups is 1. The molecule has 8 heteroatoms. The van der Waals surface area contributed by atoms with Crippen molar-refractivity contribution in [2.45, 2.75) is 24.3 Å². The Morgan fingerprint density at radius 1 is 1.00 bits per heavy atom. The van der Waals surface area contributed by atoms with Gasteiger partial charge in [-0.05, 0) is 67.9 Å². The van der Waals surface area contributed by atoms with Gasteiger partial charge in [-0.1, -0.05) is 36.0 Å². The normalized spacial score (nSPS) is 12.1. The minimum atomic E-state index is -0.402. The van der Waals surface area contributed by atoms with Crippen LogP contribution in [0.1, 0.15) is 12.5 Å². The first-order valence-corrected chi connectivity index (χ1v) is 12.1. The van der Waals surface area contributed by atoms with Gasteiger partial charge in [0.25, 0.3) is 5.22 Å². The molecule has 0 fully saturated rings. The predicted octanol–water partition coefficient (Wildman–Crippen LogP) is 6.44. The lowest BCUT2D eigenvalue weighted by Crippen LogP contribution is -2.22. The van der Waals surface area contributed by atoms with E-state index < -0.39 is 5.25 Å². The number of thiazole rings is 1. The van der Waals surface area contributed by atoms with E-state index in [2.05, 4.69) is 34.6 Å². The number of hydrogen-bond acceptors (Lipinski definition) is 7. The van der Waals surface area contributed by atoms with Crippen molar-refractivity contribution in [2.75, 3.05) is 5.32 Å². The van der Waals surface area contributed by atoms with Crippen molar-refractivity contribution in [3.05, 3.63) is 78.4 Å². The highest BCUT2D eigenvalue weighted by Crippen LogP contribution is 2.32. The smallest absolute Gasteiger partial charge is 0.277 e. The van der Waals surface area contributed by atoms with Crippen LogP contribution in [0.2, 0.25) is 0 Å². The molecule has 5 aromatic rings. The maximum absolute atomic E-state index is 12.7. The number of nitrogens with one attached hydrogen (secondary N) is 1. The Morgan fingerprint density at radius 3 is 2.58 bits per heavy atom. The lowest BCUT2D eigenvalue weighted by atomic mass is 10.2. The Labute approximate surface area is 199 Å². The summed E-state index contributed by atoms with van der Waals surface area (Å²) >= 11 is 2.89. The zero-order chi connectivity index (χ0) is 22.8. The van der Waals surface area contributed by atoms with Crippen LogP contribution in [0.4, 0.5) is 5.69 Å². The van der Waals surface area contributed by atoms with E-state index in [4.69, 9.17) is 9.40 Å². The molecular weight excluding hydrogens is 452 g/mol. The molecule has 1 atom stereocenters.